The zero-order chi connectivity index (χ0) is 17.8. The first kappa shape index (κ1) is 17.8. The van der Waals surface area contributed by atoms with Crippen molar-refractivity contribution in [1.82, 2.24) is 10.2 Å². The van der Waals surface area contributed by atoms with E-state index in [2.05, 4.69) is 29.6 Å². The molecule has 1 aromatic rings. The van der Waals surface area contributed by atoms with Crippen molar-refractivity contribution in [3.8, 4) is 0 Å². The van der Waals surface area contributed by atoms with Crippen LogP contribution in [0.15, 0.2) is 30.3 Å². The number of nitrogens with zero attached hydrogens (tertiary/aromatic N) is 1. The van der Waals surface area contributed by atoms with Crippen molar-refractivity contribution in [3.05, 3.63) is 35.9 Å². The SMILES string of the molecule is O=C(NC(CC1CCC1)c1ccccc1)N1CCOC2(CCOCC2)C1. The quantitative estimate of drug-likeness (QED) is 0.896. The minimum absolute atomic E-state index is 0.0485. The van der Waals surface area contributed by atoms with Gasteiger partial charge < -0.3 is 19.7 Å². The molecule has 2 heterocycles. The summed E-state index contributed by atoms with van der Waals surface area (Å²) in [6.07, 6.45) is 6.70. The molecule has 0 bridgehead atoms. The summed E-state index contributed by atoms with van der Waals surface area (Å²) in [5.41, 5.74) is 1.01. The zero-order valence-corrected chi connectivity index (χ0v) is 15.5. The van der Waals surface area contributed by atoms with Gasteiger partial charge in [0.1, 0.15) is 0 Å². The molecule has 0 aromatic heterocycles. The molecule has 1 unspecified atom stereocenters. The van der Waals surface area contributed by atoms with Gasteiger partial charge >= 0.3 is 6.03 Å². The van der Waals surface area contributed by atoms with Crippen molar-refractivity contribution < 1.29 is 14.3 Å². The Morgan fingerprint density at radius 3 is 2.65 bits per heavy atom. The fourth-order valence-electron chi connectivity index (χ4n) is 4.33. The number of rotatable bonds is 4. The van der Waals surface area contributed by atoms with Crippen LogP contribution in [0.1, 0.15) is 50.1 Å². The molecule has 26 heavy (non-hydrogen) atoms. The van der Waals surface area contributed by atoms with Crippen LogP contribution in [0.5, 0.6) is 0 Å². The summed E-state index contributed by atoms with van der Waals surface area (Å²) in [5.74, 6) is 0.743. The fraction of sp³-hybridized carbons (Fsp3) is 0.667. The van der Waals surface area contributed by atoms with Crippen LogP contribution in [0, 0.1) is 5.92 Å². The summed E-state index contributed by atoms with van der Waals surface area (Å²) in [4.78, 5) is 15.0. The molecule has 5 nitrogen and oxygen atoms in total. The Bertz CT molecular complexity index is 591. The van der Waals surface area contributed by atoms with E-state index in [0.717, 1.165) is 38.4 Å². The van der Waals surface area contributed by atoms with Crippen molar-refractivity contribution in [1.29, 1.82) is 0 Å². The number of hydrogen-bond acceptors (Lipinski definition) is 3. The molecule has 1 spiro atoms. The van der Waals surface area contributed by atoms with Crippen LogP contribution in [-0.4, -0.2) is 49.4 Å². The zero-order valence-electron chi connectivity index (χ0n) is 15.5. The van der Waals surface area contributed by atoms with Crippen molar-refractivity contribution in [3.63, 3.8) is 0 Å². The second-order valence-corrected chi connectivity index (χ2v) is 8.01. The molecule has 1 aliphatic carbocycles. The van der Waals surface area contributed by atoms with Gasteiger partial charge in [0.15, 0.2) is 0 Å². The van der Waals surface area contributed by atoms with Crippen LogP contribution in [0.4, 0.5) is 4.79 Å². The molecule has 2 saturated heterocycles. The largest absolute Gasteiger partial charge is 0.381 e. The van der Waals surface area contributed by atoms with Crippen LogP contribution in [-0.2, 0) is 9.47 Å². The number of carbonyl (C=O) groups is 1. The van der Waals surface area contributed by atoms with Crippen molar-refractivity contribution >= 4 is 6.03 Å². The van der Waals surface area contributed by atoms with Gasteiger partial charge in [0.2, 0.25) is 0 Å². The maximum atomic E-state index is 13.0. The minimum atomic E-state index is -0.204. The standard InChI is InChI=1S/C21H30N2O3/c24-20(23-11-14-26-21(16-23)9-12-25-13-10-21)22-19(15-17-5-4-6-17)18-7-2-1-3-8-18/h1-3,7-8,17,19H,4-6,9-16H2,(H,22,24). The highest BCUT2D eigenvalue weighted by atomic mass is 16.5. The highest BCUT2D eigenvalue weighted by Gasteiger charge is 2.40. The number of urea groups is 1. The van der Waals surface area contributed by atoms with Crippen molar-refractivity contribution in [2.75, 3.05) is 32.9 Å². The van der Waals surface area contributed by atoms with Gasteiger partial charge in [-0.2, -0.15) is 0 Å². The number of nitrogens with one attached hydrogen (secondary N) is 1. The van der Waals surface area contributed by atoms with E-state index in [1.807, 2.05) is 11.0 Å². The Kier molecular flexibility index (Phi) is 5.46. The van der Waals surface area contributed by atoms with E-state index >= 15 is 0 Å². The number of benzene rings is 1. The lowest BCUT2D eigenvalue weighted by atomic mass is 9.79. The molecule has 3 fully saturated rings. The van der Waals surface area contributed by atoms with Gasteiger partial charge in [0.25, 0.3) is 0 Å². The second-order valence-electron chi connectivity index (χ2n) is 8.01. The molecule has 4 rings (SSSR count). The van der Waals surface area contributed by atoms with Crippen LogP contribution >= 0.6 is 0 Å². The third-order valence-electron chi connectivity index (χ3n) is 6.23. The van der Waals surface area contributed by atoms with Crippen molar-refractivity contribution in [2.45, 2.75) is 50.2 Å². The maximum Gasteiger partial charge on any atom is 0.318 e. The van der Waals surface area contributed by atoms with E-state index in [4.69, 9.17) is 9.47 Å². The van der Waals surface area contributed by atoms with E-state index in [9.17, 15) is 4.79 Å². The lowest BCUT2D eigenvalue weighted by Crippen LogP contribution is -2.58. The number of amides is 2. The summed E-state index contributed by atoms with van der Waals surface area (Å²) in [7, 11) is 0. The highest BCUT2D eigenvalue weighted by Crippen LogP contribution is 2.35. The summed E-state index contributed by atoms with van der Waals surface area (Å²) < 4.78 is 11.5. The van der Waals surface area contributed by atoms with E-state index in [-0.39, 0.29) is 17.7 Å². The normalized spacial score (nSPS) is 24.1. The Balaban J connectivity index is 1.42. The molecular formula is C21H30N2O3. The van der Waals surface area contributed by atoms with Crippen LogP contribution in [0.3, 0.4) is 0 Å². The van der Waals surface area contributed by atoms with Gasteiger partial charge in [0, 0.05) is 32.6 Å². The van der Waals surface area contributed by atoms with E-state index in [1.54, 1.807) is 0 Å². The number of morpholine rings is 1. The van der Waals surface area contributed by atoms with Gasteiger partial charge in [-0.25, -0.2) is 4.79 Å². The van der Waals surface area contributed by atoms with Gasteiger partial charge in [-0.15, -0.1) is 0 Å². The fourth-order valence-corrected chi connectivity index (χ4v) is 4.33. The summed E-state index contributed by atoms with van der Waals surface area (Å²) in [5, 5.41) is 3.32. The maximum absolute atomic E-state index is 13.0. The summed E-state index contributed by atoms with van der Waals surface area (Å²) in [6, 6.07) is 10.5. The Hall–Kier alpha value is -1.59. The number of carbonyl (C=O) groups excluding carboxylic acids is 1. The monoisotopic (exact) mass is 358 g/mol. The predicted molar refractivity (Wildman–Crippen MR) is 100.0 cm³/mol. The molecule has 2 aliphatic heterocycles. The summed E-state index contributed by atoms with van der Waals surface area (Å²) in [6.45, 7) is 3.41. The second kappa shape index (κ2) is 7.97. The molecule has 5 heteroatoms. The molecule has 2 amide bonds. The van der Waals surface area contributed by atoms with Gasteiger partial charge in [-0.3, -0.25) is 0 Å². The average Bonchev–Trinajstić information content (AvgIpc) is 2.65. The molecule has 1 aromatic carbocycles. The lowest BCUT2D eigenvalue weighted by molar-refractivity contribution is -0.145. The Morgan fingerprint density at radius 1 is 1.19 bits per heavy atom. The first-order valence-electron chi connectivity index (χ1n) is 10.1. The Morgan fingerprint density at radius 2 is 1.96 bits per heavy atom. The van der Waals surface area contributed by atoms with E-state index < -0.39 is 0 Å². The molecule has 1 N–H and O–H groups in total. The first-order chi connectivity index (χ1) is 12.7. The predicted octanol–water partition coefficient (Wildman–Crippen LogP) is 3.51. The Labute approximate surface area is 156 Å². The van der Waals surface area contributed by atoms with Gasteiger partial charge in [-0.1, -0.05) is 49.6 Å². The lowest BCUT2D eigenvalue weighted by Gasteiger charge is -2.45. The molecule has 1 saturated carbocycles. The molecule has 0 radical (unpaired) electrons. The molecular weight excluding hydrogens is 328 g/mol. The molecule has 1 atom stereocenters. The van der Waals surface area contributed by atoms with Crippen LogP contribution < -0.4 is 5.32 Å². The number of ether oxygens (including phenoxy) is 2. The van der Waals surface area contributed by atoms with Crippen LogP contribution in [0.25, 0.3) is 0 Å². The minimum Gasteiger partial charge on any atom is -0.381 e. The van der Waals surface area contributed by atoms with E-state index in [0.29, 0.717) is 19.7 Å². The molecule has 142 valence electrons. The van der Waals surface area contributed by atoms with Gasteiger partial charge in [-0.05, 0) is 17.9 Å². The third-order valence-corrected chi connectivity index (χ3v) is 6.23. The first-order valence-corrected chi connectivity index (χ1v) is 10.1. The summed E-state index contributed by atoms with van der Waals surface area (Å²) >= 11 is 0. The number of hydrogen-bond donors (Lipinski definition) is 1. The van der Waals surface area contributed by atoms with E-state index in [1.165, 1.54) is 24.8 Å². The smallest absolute Gasteiger partial charge is 0.318 e. The molecule has 3 aliphatic rings. The van der Waals surface area contributed by atoms with Gasteiger partial charge in [0.05, 0.1) is 24.8 Å². The third kappa shape index (κ3) is 4.04. The highest BCUT2D eigenvalue weighted by molar-refractivity contribution is 5.75. The average molecular weight is 358 g/mol. The van der Waals surface area contributed by atoms with Crippen molar-refractivity contribution in [2.24, 2.45) is 5.92 Å². The van der Waals surface area contributed by atoms with Crippen LogP contribution in [0.2, 0.25) is 0 Å². The topological polar surface area (TPSA) is 50.8 Å².